The number of carbonyl (C=O) groups is 1. The van der Waals surface area contributed by atoms with Crippen molar-refractivity contribution in [3.8, 4) is 0 Å². The lowest BCUT2D eigenvalue weighted by Gasteiger charge is -2.62. The molecule has 8 unspecified atom stereocenters. The van der Waals surface area contributed by atoms with E-state index in [2.05, 4.69) is 20.8 Å². The van der Waals surface area contributed by atoms with Gasteiger partial charge in [0.2, 0.25) is 0 Å². The molecule has 0 aromatic carbocycles. The fourth-order valence-corrected chi connectivity index (χ4v) is 9.45. The van der Waals surface area contributed by atoms with Gasteiger partial charge in [0.1, 0.15) is 0 Å². The van der Waals surface area contributed by atoms with Crippen molar-refractivity contribution < 1.29 is 23.1 Å². The van der Waals surface area contributed by atoms with Crippen molar-refractivity contribution in [2.24, 2.45) is 40.4 Å². The topological polar surface area (TPSA) is 37.3 Å². The van der Waals surface area contributed by atoms with Crippen LogP contribution in [-0.2, 0) is 4.79 Å². The van der Waals surface area contributed by atoms with Crippen LogP contribution in [0.15, 0.2) is 0 Å². The Morgan fingerprint density at radius 1 is 0.850 bits per heavy atom. The third-order valence-electron chi connectivity index (χ3n) is 10.9. The van der Waals surface area contributed by atoms with Crippen LogP contribution in [0, 0.1) is 40.4 Å². The van der Waals surface area contributed by atoms with Crippen LogP contribution in [0.2, 0.25) is 0 Å². The Kier molecular flexibility index (Phi) is 17.5. The molecular weight excluding hydrogens is 529 g/mol. The fourth-order valence-electron chi connectivity index (χ4n) is 8.82. The number of fused-ring (bicyclic) bond motifs is 5. The zero-order chi connectivity index (χ0) is 31.4. The minimum atomic E-state index is -4.00. The van der Waals surface area contributed by atoms with Crippen LogP contribution in [0.3, 0.4) is 0 Å². The average Bonchev–Trinajstić information content (AvgIpc) is 3.20. The number of unbranched alkanes of at least 4 members (excludes halogenated alkanes) is 1. The SMILES string of the molecule is CC.CC.CC.CCCC1(S)CCC2C3CCC4CC(C(F)(F)F)CCC4(C)C3CCC21C.CCCCC(=O)O. The number of carboxylic acids is 1. The van der Waals surface area contributed by atoms with E-state index in [-0.39, 0.29) is 16.1 Å². The van der Waals surface area contributed by atoms with Crippen LogP contribution in [0.1, 0.15) is 159 Å². The van der Waals surface area contributed by atoms with E-state index >= 15 is 0 Å². The molecule has 6 heteroatoms. The standard InChI is InChI=1S/C23H37F3S.C5H10O2.3C2H6/c1-4-10-22(27)13-9-19-17-6-5-15-14-16(23(24,25)26)7-11-20(15,2)18(17)8-12-21(19,22)3;1-2-3-4-5(6)7;3*1-2/h15-19,27H,4-14H2,1-3H3;2-4H2,1H3,(H,6,7);3*1-2H3. The van der Waals surface area contributed by atoms with Crippen molar-refractivity contribution >= 4 is 18.6 Å². The van der Waals surface area contributed by atoms with Gasteiger partial charge in [0.25, 0.3) is 0 Å². The minimum absolute atomic E-state index is 0.138. The first-order valence-electron chi connectivity index (χ1n) is 16.8. The highest BCUT2D eigenvalue weighted by Crippen LogP contribution is 2.70. The molecule has 0 radical (unpaired) electrons. The fraction of sp³-hybridized carbons (Fsp3) is 0.971. The molecule has 0 aromatic rings. The largest absolute Gasteiger partial charge is 0.481 e. The maximum atomic E-state index is 13.3. The van der Waals surface area contributed by atoms with Crippen molar-refractivity contribution in [3.63, 3.8) is 0 Å². The maximum Gasteiger partial charge on any atom is 0.391 e. The highest BCUT2D eigenvalue weighted by atomic mass is 32.1. The molecule has 4 saturated carbocycles. The van der Waals surface area contributed by atoms with E-state index in [1.165, 1.54) is 38.5 Å². The number of aliphatic carboxylic acids is 1. The normalized spacial score (nSPS) is 37.6. The summed E-state index contributed by atoms with van der Waals surface area (Å²) < 4.78 is 40.2. The van der Waals surface area contributed by atoms with Crippen LogP contribution < -0.4 is 0 Å². The molecule has 4 fully saturated rings. The van der Waals surface area contributed by atoms with Crippen molar-refractivity contribution in [2.45, 2.75) is 170 Å². The van der Waals surface area contributed by atoms with Crippen LogP contribution in [0.4, 0.5) is 13.2 Å². The Bertz CT molecular complexity index is 714. The number of hydrogen-bond donors (Lipinski definition) is 2. The highest BCUT2D eigenvalue weighted by Gasteiger charge is 2.64. The first kappa shape index (κ1) is 39.6. The molecule has 4 rings (SSSR count). The summed E-state index contributed by atoms with van der Waals surface area (Å²) in [6, 6.07) is 0. The molecule has 4 aliphatic rings. The number of rotatable bonds is 5. The third-order valence-corrected chi connectivity index (χ3v) is 11.8. The second-order valence-electron chi connectivity index (χ2n) is 12.4. The minimum Gasteiger partial charge on any atom is -0.481 e. The van der Waals surface area contributed by atoms with Gasteiger partial charge in [-0.05, 0) is 105 Å². The van der Waals surface area contributed by atoms with Crippen molar-refractivity contribution in [3.05, 3.63) is 0 Å². The summed E-state index contributed by atoms with van der Waals surface area (Å²) in [6.07, 6.45) is 9.14. The maximum absolute atomic E-state index is 13.3. The Morgan fingerprint density at radius 2 is 1.43 bits per heavy atom. The molecule has 0 amide bonds. The molecule has 0 saturated heterocycles. The first-order chi connectivity index (χ1) is 18.8. The molecule has 2 nitrogen and oxygen atoms in total. The van der Waals surface area contributed by atoms with Crippen LogP contribution in [0.5, 0.6) is 0 Å². The zero-order valence-electron chi connectivity index (χ0n) is 27.7. The summed E-state index contributed by atoms with van der Waals surface area (Å²) in [5, 5.41) is 8.04. The van der Waals surface area contributed by atoms with Gasteiger partial charge in [0, 0.05) is 11.2 Å². The summed E-state index contributed by atoms with van der Waals surface area (Å²) >= 11 is 5.26. The van der Waals surface area contributed by atoms with Crippen LogP contribution >= 0.6 is 12.6 Å². The van der Waals surface area contributed by atoms with Crippen LogP contribution in [0.25, 0.3) is 0 Å². The lowest BCUT2D eigenvalue weighted by atomic mass is 9.44. The summed E-state index contributed by atoms with van der Waals surface area (Å²) in [5.74, 6) is 0.628. The third kappa shape index (κ3) is 8.82. The molecule has 40 heavy (non-hydrogen) atoms. The molecule has 0 bridgehead atoms. The average molecular weight is 595 g/mol. The van der Waals surface area contributed by atoms with Crippen molar-refractivity contribution in [1.82, 2.24) is 0 Å². The first-order valence-corrected chi connectivity index (χ1v) is 17.3. The summed E-state index contributed by atoms with van der Waals surface area (Å²) in [6.45, 7) is 21.1. The van der Waals surface area contributed by atoms with Gasteiger partial charge in [0.15, 0.2) is 0 Å². The van der Waals surface area contributed by atoms with E-state index in [4.69, 9.17) is 17.7 Å². The van der Waals surface area contributed by atoms with Crippen molar-refractivity contribution in [2.75, 3.05) is 0 Å². The van der Waals surface area contributed by atoms with Gasteiger partial charge in [-0.25, -0.2) is 0 Å². The Morgan fingerprint density at radius 3 is 1.90 bits per heavy atom. The Hall–Kier alpha value is -0.390. The number of alkyl halides is 3. The predicted molar refractivity (Wildman–Crippen MR) is 169 cm³/mol. The molecular formula is C34H65F3O2S. The lowest BCUT2D eigenvalue weighted by Crippen LogP contribution is -2.56. The van der Waals surface area contributed by atoms with E-state index < -0.39 is 18.1 Å². The smallest absolute Gasteiger partial charge is 0.391 e. The van der Waals surface area contributed by atoms with Gasteiger partial charge in [0.05, 0.1) is 5.92 Å². The number of carboxylic acid groups (broad SMARTS) is 1. The lowest BCUT2D eigenvalue weighted by molar-refractivity contribution is -0.207. The molecule has 0 aliphatic heterocycles. The molecule has 0 heterocycles. The Balaban J connectivity index is 0.00000100. The predicted octanol–water partition coefficient (Wildman–Crippen LogP) is 12.0. The molecule has 1 N–H and O–H groups in total. The molecule has 8 atom stereocenters. The quantitative estimate of drug-likeness (QED) is 0.311. The second kappa shape index (κ2) is 17.7. The summed E-state index contributed by atoms with van der Waals surface area (Å²) in [7, 11) is 0. The number of hydrogen-bond acceptors (Lipinski definition) is 2. The highest BCUT2D eigenvalue weighted by molar-refractivity contribution is 7.81. The molecule has 4 aliphatic carbocycles. The van der Waals surface area contributed by atoms with E-state index in [9.17, 15) is 18.0 Å². The van der Waals surface area contributed by atoms with Gasteiger partial charge >= 0.3 is 12.1 Å². The molecule has 240 valence electrons. The van der Waals surface area contributed by atoms with Crippen molar-refractivity contribution in [1.29, 1.82) is 0 Å². The van der Waals surface area contributed by atoms with E-state index in [1.54, 1.807) is 0 Å². The van der Waals surface area contributed by atoms with Gasteiger partial charge < -0.3 is 5.11 Å². The number of halogens is 3. The van der Waals surface area contributed by atoms with Gasteiger partial charge in [-0.1, -0.05) is 82.1 Å². The van der Waals surface area contributed by atoms with Gasteiger partial charge in [-0.3, -0.25) is 4.79 Å². The van der Waals surface area contributed by atoms with E-state index in [0.29, 0.717) is 30.6 Å². The second-order valence-corrected chi connectivity index (χ2v) is 13.3. The van der Waals surface area contributed by atoms with Gasteiger partial charge in [-0.2, -0.15) is 25.8 Å². The number of thiol groups is 1. The summed E-state index contributed by atoms with van der Waals surface area (Å²) in [4.78, 5) is 9.76. The molecule has 0 aromatic heterocycles. The Labute approximate surface area is 251 Å². The molecule has 0 spiro atoms. The monoisotopic (exact) mass is 594 g/mol. The van der Waals surface area contributed by atoms with Crippen LogP contribution in [-0.4, -0.2) is 22.0 Å². The van der Waals surface area contributed by atoms with E-state index in [1.807, 2.05) is 48.5 Å². The van der Waals surface area contributed by atoms with E-state index in [0.717, 1.165) is 43.9 Å². The summed E-state index contributed by atoms with van der Waals surface area (Å²) in [5.41, 5.74) is 0.457. The zero-order valence-corrected chi connectivity index (χ0v) is 28.6. The van der Waals surface area contributed by atoms with Gasteiger partial charge in [-0.15, -0.1) is 0 Å².